The molecule has 0 aliphatic carbocycles. The molecule has 0 bridgehead atoms. The number of urea groups is 1. The molecule has 2 N–H and O–H groups in total. The van der Waals surface area contributed by atoms with Gasteiger partial charge < -0.3 is 15.5 Å². The first-order chi connectivity index (χ1) is 14.3. The molecule has 158 valence electrons. The molecule has 6 heteroatoms. The summed E-state index contributed by atoms with van der Waals surface area (Å²) >= 11 is 0. The maximum absolute atomic E-state index is 12.4. The van der Waals surface area contributed by atoms with Crippen molar-refractivity contribution >= 4 is 40.6 Å². The van der Waals surface area contributed by atoms with Crippen molar-refractivity contribution in [3.63, 3.8) is 0 Å². The van der Waals surface area contributed by atoms with Crippen molar-refractivity contribution in [2.24, 2.45) is 0 Å². The minimum atomic E-state index is -0.206. The number of hydrogen-bond donors (Lipinski definition) is 2. The van der Waals surface area contributed by atoms with Crippen molar-refractivity contribution in [3.05, 3.63) is 66.5 Å². The average Bonchev–Trinajstić information content (AvgIpc) is 2.73. The summed E-state index contributed by atoms with van der Waals surface area (Å²) in [5, 5.41) is 7.88. The molecular formula is C24H29ClN4O. The van der Waals surface area contributed by atoms with Crippen LogP contribution < -0.4 is 15.5 Å². The number of pyridine rings is 1. The van der Waals surface area contributed by atoms with Gasteiger partial charge in [0.2, 0.25) is 0 Å². The molecule has 1 fully saturated rings. The molecule has 30 heavy (non-hydrogen) atoms. The van der Waals surface area contributed by atoms with E-state index >= 15 is 0 Å². The lowest BCUT2D eigenvalue weighted by Crippen LogP contribution is -2.28. The minimum absolute atomic E-state index is 0. The normalized spacial score (nSPS) is 14.3. The number of carbonyl (C=O) groups is 1. The van der Waals surface area contributed by atoms with E-state index in [1.807, 2.05) is 24.3 Å². The van der Waals surface area contributed by atoms with E-state index in [2.05, 4.69) is 44.8 Å². The highest BCUT2D eigenvalue weighted by Crippen LogP contribution is 2.22. The van der Waals surface area contributed by atoms with E-state index in [1.165, 1.54) is 37.8 Å². The molecule has 0 unspecified atom stereocenters. The molecule has 2 heterocycles. The number of nitrogens with zero attached hydrogens (tertiary/aromatic N) is 2. The number of hydrogen-bond acceptors (Lipinski definition) is 3. The number of halogens is 1. The van der Waals surface area contributed by atoms with Gasteiger partial charge in [-0.15, -0.1) is 12.4 Å². The zero-order valence-corrected chi connectivity index (χ0v) is 18.0. The van der Waals surface area contributed by atoms with Crippen molar-refractivity contribution in [1.29, 1.82) is 0 Å². The Morgan fingerprint density at radius 1 is 0.933 bits per heavy atom. The van der Waals surface area contributed by atoms with E-state index in [0.717, 1.165) is 35.1 Å². The Balaban J connectivity index is 0.00000256. The Kier molecular flexibility index (Phi) is 7.91. The van der Waals surface area contributed by atoms with Crippen LogP contribution in [-0.4, -0.2) is 24.1 Å². The summed E-state index contributed by atoms with van der Waals surface area (Å²) in [7, 11) is 0. The average molecular weight is 425 g/mol. The molecule has 0 atom stereocenters. The summed E-state index contributed by atoms with van der Waals surface area (Å²) in [6.45, 7) is 2.78. The lowest BCUT2D eigenvalue weighted by atomic mass is 10.1. The van der Waals surface area contributed by atoms with Crippen LogP contribution in [0, 0.1) is 0 Å². The monoisotopic (exact) mass is 424 g/mol. The van der Waals surface area contributed by atoms with Gasteiger partial charge in [-0.05, 0) is 42.7 Å². The second-order valence-corrected chi connectivity index (χ2v) is 7.63. The summed E-state index contributed by atoms with van der Waals surface area (Å²) in [5.74, 6) is 0. The van der Waals surface area contributed by atoms with Crippen LogP contribution in [-0.2, 0) is 6.54 Å². The van der Waals surface area contributed by atoms with E-state index in [1.54, 1.807) is 12.4 Å². The molecule has 1 aromatic heterocycles. The van der Waals surface area contributed by atoms with Gasteiger partial charge >= 0.3 is 6.03 Å². The Morgan fingerprint density at radius 2 is 1.67 bits per heavy atom. The standard InChI is InChI=1S/C24H28N4O.ClH/c29-24(27-23-8-6-7-20-18-25-14-13-22(20)23)26-17-19-9-11-21(12-10-19)28-15-4-2-1-3-5-16-28;/h6-14,18H,1-5,15-17H2,(H2,26,27,29);1H. The molecule has 1 aliphatic rings. The molecule has 0 radical (unpaired) electrons. The Labute approximate surface area is 184 Å². The summed E-state index contributed by atoms with van der Waals surface area (Å²) in [6.07, 6.45) is 10.1. The van der Waals surface area contributed by atoms with Crippen molar-refractivity contribution in [2.45, 2.75) is 38.6 Å². The van der Waals surface area contributed by atoms with E-state index in [-0.39, 0.29) is 18.4 Å². The van der Waals surface area contributed by atoms with Gasteiger partial charge in [0.05, 0.1) is 5.69 Å². The van der Waals surface area contributed by atoms with E-state index in [9.17, 15) is 4.79 Å². The van der Waals surface area contributed by atoms with Crippen LogP contribution in [0.4, 0.5) is 16.2 Å². The van der Waals surface area contributed by atoms with Crippen LogP contribution in [0.25, 0.3) is 10.8 Å². The number of aromatic nitrogens is 1. The van der Waals surface area contributed by atoms with Crippen molar-refractivity contribution < 1.29 is 4.79 Å². The number of benzene rings is 2. The number of nitrogens with one attached hydrogen (secondary N) is 2. The largest absolute Gasteiger partial charge is 0.372 e. The van der Waals surface area contributed by atoms with Crippen LogP contribution in [0.2, 0.25) is 0 Å². The SMILES string of the molecule is Cl.O=C(NCc1ccc(N2CCCCCCC2)cc1)Nc1cccc2cnccc12. The summed E-state index contributed by atoms with van der Waals surface area (Å²) < 4.78 is 0. The van der Waals surface area contributed by atoms with Gasteiger partial charge in [-0.2, -0.15) is 0 Å². The topological polar surface area (TPSA) is 57.3 Å². The van der Waals surface area contributed by atoms with Crippen molar-refractivity contribution in [3.8, 4) is 0 Å². The molecule has 2 amide bonds. The number of anilines is 2. The molecule has 3 aromatic rings. The van der Waals surface area contributed by atoms with Crippen LogP contribution in [0.5, 0.6) is 0 Å². The fourth-order valence-corrected chi connectivity index (χ4v) is 3.91. The first kappa shape index (κ1) is 21.9. The fraction of sp³-hybridized carbons (Fsp3) is 0.333. The van der Waals surface area contributed by atoms with Gasteiger partial charge in [0.1, 0.15) is 0 Å². The smallest absolute Gasteiger partial charge is 0.319 e. The van der Waals surface area contributed by atoms with Gasteiger partial charge in [0, 0.05) is 48.5 Å². The molecule has 0 spiro atoms. The second-order valence-electron chi connectivity index (χ2n) is 7.63. The number of fused-ring (bicyclic) bond motifs is 1. The Hall–Kier alpha value is -2.79. The summed E-state index contributed by atoms with van der Waals surface area (Å²) in [6, 6.07) is 16.1. The van der Waals surface area contributed by atoms with Gasteiger partial charge in [-0.25, -0.2) is 4.79 Å². The highest BCUT2D eigenvalue weighted by atomic mass is 35.5. The Bertz CT molecular complexity index is 948. The zero-order valence-electron chi connectivity index (χ0n) is 17.1. The van der Waals surface area contributed by atoms with E-state index in [0.29, 0.717) is 6.54 Å². The predicted octanol–water partition coefficient (Wildman–Crippen LogP) is 5.75. The van der Waals surface area contributed by atoms with Gasteiger partial charge in [0.25, 0.3) is 0 Å². The van der Waals surface area contributed by atoms with E-state index in [4.69, 9.17) is 0 Å². The molecule has 5 nitrogen and oxygen atoms in total. The molecule has 4 rings (SSSR count). The predicted molar refractivity (Wildman–Crippen MR) is 127 cm³/mol. The number of amides is 2. The summed E-state index contributed by atoms with van der Waals surface area (Å²) in [4.78, 5) is 19.0. The first-order valence-electron chi connectivity index (χ1n) is 10.5. The third-order valence-electron chi connectivity index (χ3n) is 5.54. The van der Waals surface area contributed by atoms with Crippen LogP contribution in [0.3, 0.4) is 0 Å². The van der Waals surface area contributed by atoms with Gasteiger partial charge in [-0.3, -0.25) is 4.98 Å². The van der Waals surface area contributed by atoms with Crippen molar-refractivity contribution in [2.75, 3.05) is 23.3 Å². The van der Waals surface area contributed by atoms with E-state index < -0.39 is 0 Å². The third kappa shape index (κ3) is 5.63. The lowest BCUT2D eigenvalue weighted by molar-refractivity contribution is 0.252. The van der Waals surface area contributed by atoms with Crippen LogP contribution >= 0.6 is 12.4 Å². The van der Waals surface area contributed by atoms with Gasteiger partial charge in [-0.1, -0.05) is 43.5 Å². The molecule has 2 aromatic carbocycles. The molecule has 0 saturated carbocycles. The lowest BCUT2D eigenvalue weighted by Gasteiger charge is -2.27. The summed E-state index contributed by atoms with van der Waals surface area (Å²) in [5.41, 5.74) is 3.16. The molecule has 1 saturated heterocycles. The number of rotatable bonds is 4. The van der Waals surface area contributed by atoms with Crippen LogP contribution in [0.15, 0.2) is 60.9 Å². The molecular weight excluding hydrogens is 396 g/mol. The van der Waals surface area contributed by atoms with Crippen molar-refractivity contribution in [1.82, 2.24) is 10.3 Å². The number of carbonyl (C=O) groups excluding carboxylic acids is 1. The maximum atomic E-state index is 12.4. The zero-order chi connectivity index (χ0) is 19.9. The third-order valence-corrected chi connectivity index (χ3v) is 5.54. The minimum Gasteiger partial charge on any atom is -0.372 e. The highest BCUT2D eigenvalue weighted by Gasteiger charge is 2.09. The Morgan fingerprint density at radius 3 is 2.43 bits per heavy atom. The quantitative estimate of drug-likeness (QED) is 0.560. The maximum Gasteiger partial charge on any atom is 0.319 e. The van der Waals surface area contributed by atoms with Crippen LogP contribution in [0.1, 0.15) is 37.7 Å². The fourth-order valence-electron chi connectivity index (χ4n) is 3.91. The second kappa shape index (κ2) is 10.8. The first-order valence-corrected chi connectivity index (χ1v) is 10.5. The van der Waals surface area contributed by atoms with Gasteiger partial charge in [0.15, 0.2) is 0 Å². The molecule has 1 aliphatic heterocycles. The highest BCUT2D eigenvalue weighted by molar-refractivity contribution is 6.01.